The van der Waals surface area contributed by atoms with E-state index >= 15 is 0 Å². The molecule has 1 aliphatic rings. The number of nitrogens with zero attached hydrogens (tertiary/aromatic N) is 1. The van der Waals surface area contributed by atoms with Gasteiger partial charge in [0.1, 0.15) is 5.84 Å². The molecule has 0 saturated heterocycles. The van der Waals surface area contributed by atoms with E-state index in [4.69, 9.17) is 5.41 Å². The van der Waals surface area contributed by atoms with Crippen molar-refractivity contribution >= 4 is 17.8 Å². The summed E-state index contributed by atoms with van der Waals surface area (Å²) in [6.07, 6.45) is 1.78. The fourth-order valence-electron chi connectivity index (χ4n) is 2.36. The van der Waals surface area contributed by atoms with Gasteiger partial charge in [-0.05, 0) is 17.2 Å². The smallest absolute Gasteiger partial charge is 0.260 e. The third-order valence-electron chi connectivity index (χ3n) is 3.48. The van der Waals surface area contributed by atoms with Crippen molar-refractivity contribution in [3.63, 3.8) is 0 Å². The minimum Gasteiger partial charge on any atom is -0.288 e. The molecule has 1 N–H and O–H groups in total. The standard InChI is InChI=1S/C17H14N2O/c1-2-12-7-9-13(10-8-12)11-19-16(18)14-5-3-4-6-15(14)17(19)20/h2-10,18H,1,11H2. The quantitative estimate of drug-likeness (QED) is 0.906. The normalized spacial score (nSPS) is 13.5. The van der Waals surface area contributed by atoms with Crippen LogP contribution >= 0.6 is 0 Å². The van der Waals surface area contributed by atoms with Crippen molar-refractivity contribution in [2.24, 2.45) is 0 Å². The molecule has 2 aromatic carbocycles. The summed E-state index contributed by atoms with van der Waals surface area (Å²) in [7, 11) is 0. The lowest BCUT2D eigenvalue weighted by Crippen LogP contribution is -2.29. The van der Waals surface area contributed by atoms with E-state index in [1.54, 1.807) is 12.1 Å². The zero-order valence-corrected chi connectivity index (χ0v) is 11.0. The Kier molecular flexibility index (Phi) is 2.95. The van der Waals surface area contributed by atoms with Crippen molar-refractivity contribution in [1.29, 1.82) is 5.41 Å². The molecule has 3 nitrogen and oxygen atoms in total. The molecule has 0 atom stereocenters. The molecule has 3 heteroatoms. The average molecular weight is 262 g/mol. The molecule has 0 saturated carbocycles. The average Bonchev–Trinajstić information content (AvgIpc) is 2.74. The van der Waals surface area contributed by atoms with Gasteiger partial charge in [-0.15, -0.1) is 0 Å². The molecule has 0 unspecified atom stereocenters. The number of fused-ring (bicyclic) bond motifs is 1. The van der Waals surface area contributed by atoms with E-state index in [2.05, 4.69) is 6.58 Å². The molecule has 98 valence electrons. The SMILES string of the molecule is C=Cc1ccc(CN2C(=N)c3ccccc3C2=O)cc1. The number of amidine groups is 1. The van der Waals surface area contributed by atoms with E-state index in [0.29, 0.717) is 17.7 Å². The minimum absolute atomic E-state index is 0.0987. The third-order valence-corrected chi connectivity index (χ3v) is 3.48. The summed E-state index contributed by atoms with van der Waals surface area (Å²) >= 11 is 0. The Balaban J connectivity index is 1.87. The summed E-state index contributed by atoms with van der Waals surface area (Å²) in [4.78, 5) is 13.8. The van der Waals surface area contributed by atoms with Crippen LogP contribution < -0.4 is 0 Å². The largest absolute Gasteiger partial charge is 0.288 e. The summed E-state index contributed by atoms with van der Waals surface area (Å²) in [6, 6.07) is 15.1. The van der Waals surface area contributed by atoms with Crippen molar-refractivity contribution in [3.8, 4) is 0 Å². The van der Waals surface area contributed by atoms with Crippen LogP contribution in [-0.4, -0.2) is 16.6 Å². The van der Waals surface area contributed by atoms with Gasteiger partial charge in [0, 0.05) is 5.56 Å². The van der Waals surface area contributed by atoms with Crippen LogP contribution in [0.5, 0.6) is 0 Å². The summed E-state index contributed by atoms with van der Waals surface area (Å²) < 4.78 is 0. The first-order chi connectivity index (χ1) is 9.70. The fraction of sp³-hybridized carbons (Fsp3) is 0.0588. The van der Waals surface area contributed by atoms with Crippen LogP contribution in [0, 0.1) is 5.41 Å². The van der Waals surface area contributed by atoms with Crippen molar-refractivity contribution < 1.29 is 4.79 Å². The summed E-state index contributed by atoms with van der Waals surface area (Å²) in [5.74, 6) is 0.178. The van der Waals surface area contributed by atoms with Gasteiger partial charge in [-0.1, -0.05) is 55.1 Å². The minimum atomic E-state index is -0.0987. The summed E-state index contributed by atoms with van der Waals surface area (Å²) in [5.41, 5.74) is 3.36. The van der Waals surface area contributed by atoms with Crippen molar-refractivity contribution in [3.05, 3.63) is 77.4 Å². The monoisotopic (exact) mass is 262 g/mol. The lowest BCUT2D eigenvalue weighted by atomic mass is 10.1. The first-order valence-electron chi connectivity index (χ1n) is 6.42. The second-order valence-electron chi connectivity index (χ2n) is 4.73. The number of nitrogens with one attached hydrogen (secondary N) is 1. The zero-order valence-electron chi connectivity index (χ0n) is 11.0. The molecule has 1 heterocycles. The van der Waals surface area contributed by atoms with Crippen LogP contribution in [0.4, 0.5) is 0 Å². The van der Waals surface area contributed by atoms with Gasteiger partial charge < -0.3 is 0 Å². The number of benzene rings is 2. The highest BCUT2D eigenvalue weighted by Crippen LogP contribution is 2.24. The van der Waals surface area contributed by atoms with E-state index in [9.17, 15) is 4.79 Å². The number of carbonyl (C=O) groups excluding carboxylic acids is 1. The van der Waals surface area contributed by atoms with Gasteiger partial charge in [-0.3, -0.25) is 15.1 Å². The molecule has 0 bridgehead atoms. The maximum Gasteiger partial charge on any atom is 0.260 e. The Bertz CT molecular complexity index is 666. The molecule has 1 amide bonds. The highest BCUT2D eigenvalue weighted by Gasteiger charge is 2.31. The Morgan fingerprint density at radius 1 is 1.05 bits per heavy atom. The Hall–Kier alpha value is -2.68. The molecular weight excluding hydrogens is 248 g/mol. The molecule has 1 aliphatic heterocycles. The topological polar surface area (TPSA) is 44.2 Å². The van der Waals surface area contributed by atoms with Gasteiger partial charge in [0.15, 0.2) is 0 Å². The van der Waals surface area contributed by atoms with Crippen LogP contribution in [0.3, 0.4) is 0 Å². The van der Waals surface area contributed by atoms with Gasteiger partial charge in [-0.25, -0.2) is 0 Å². The fourth-order valence-corrected chi connectivity index (χ4v) is 2.36. The van der Waals surface area contributed by atoms with E-state index in [1.807, 2.05) is 42.5 Å². The Morgan fingerprint density at radius 3 is 2.30 bits per heavy atom. The lowest BCUT2D eigenvalue weighted by Gasteiger charge is -2.16. The summed E-state index contributed by atoms with van der Waals surface area (Å²) in [5, 5.41) is 8.13. The maximum absolute atomic E-state index is 12.3. The van der Waals surface area contributed by atoms with Crippen molar-refractivity contribution in [2.45, 2.75) is 6.54 Å². The number of amides is 1. The summed E-state index contributed by atoms with van der Waals surface area (Å²) in [6.45, 7) is 4.14. The zero-order chi connectivity index (χ0) is 14.1. The van der Waals surface area contributed by atoms with Crippen molar-refractivity contribution in [1.82, 2.24) is 4.90 Å². The third kappa shape index (κ3) is 1.93. The lowest BCUT2D eigenvalue weighted by molar-refractivity contribution is 0.0852. The molecule has 0 fully saturated rings. The van der Waals surface area contributed by atoms with Gasteiger partial charge in [0.05, 0.1) is 12.1 Å². The highest BCUT2D eigenvalue weighted by atomic mass is 16.2. The first-order valence-corrected chi connectivity index (χ1v) is 6.42. The first kappa shape index (κ1) is 12.4. The number of hydrogen-bond acceptors (Lipinski definition) is 2. The molecule has 3 rings (SSSR count). The second kappa shape index (κ2) is 4.78. The van der Waals surface area contributed by atoms with Gasteiger partial charge in [0.25, 0.3) is 5.91 Å². The van der Waals surface area contributed by atoms with E-state index < -0.39 is 0 Å². The van der Waals surface area contributed by atoms with Crippen LogP contribution in [0.1, 0.15) is 27.0 Å². The predicted molar refractivity (Wildman–Crippen MR) is 79.7 cm³/mol. The molecule has 0 aromatic heterocycles. The van der Waals surface area contributed by atoms with E-state index in [-0.39, 0.29) is 11.7 Å². The van der Waals surface area contributed by atoms with Crippen molar-refractivity contribution in [2.75, 3.05) is 0 Å². The Morgan fingerprint density at radius 2 is 1.70 bits per heavy atom. The predicted octanol–water partition coefficient (Wildman–Crippen LogP) is 3.31. The maximum atomic E-state index is 12.3. The van der Waals surface area contributed by atoms with Gasteiger partial charge in [-0.2, -0.15) is 0 Å². The Labute approximate surface area is 117 Å². The van der Waals surface area contributed by atoms with E-state index in [1.165, 1.54) is 4.90 Å². The highest BCUT2D eigenvalue weighted by molar-refractivity contribution is 6.22. The van der Waals surface area contributed by atoms with Gasteiger partial charge in [0.2, 0.25) is 0 Å². The van der Waals surface area contributed by atoms with E-state index in [0.717, 1.165) is 11.1 Å². The molecule has 20 heavy (non-hydrogen) atoms. The second-order valence-corrected chi connectivity index (χ2v) is 4.73. The number of hydrogen-bond donors (Lipinski definition) is 1. The molecule has 0 spiro atoms. The molecule has 0 aliphatic carbocycles. The van der Waals surface area contributed by atoms with Crippen LogP contribution in [-0.2, 0) is 6.54 Å². The number of rotatable bonds is 3. The number of carbonyl (C=O) groups is 1. The molecule has 0 radical (unpaired) electrons. The van der Waals surface area contributed by atoms with Gasteiger partial charge >= 0.3 is 0 Å². The van der Waals surface area contributed by atoms with Crippen LogP contribution in [0.25, 0.3) is 6.08 Å². The molecular formula is C17H14N2O. The van der Waals surface area contributed by atoms with Crippen LogP contribution in [0.2, 0.25) is 0 Å². The molecule has 2 aromatic rings. The van der Waals surface area contributed by atoms with Crippen LogP contribution in [0.15, 0.2) is 55.1 Å².